The summed E-state index contributed by atoms with van der Waals surface area (Å²) in [5.74, 6) is -0.0136. The van der Waals surface area contributed by atoms with E-state index in [2.05, 4.69) is 31.0 Å². The zero-order valence-corrected chi connectivity index (χ0v) is 19.5. The van der Waals surface area contributed by atoms with E-state index < -0.39 is 10.3 Å². The van der Waals surface area contributed by atoms with Crippen LogP contribution in [0.25, 0.3) is 0 Å². The number of hydrogen-bond acceptors (Lipinski definition) is 5. The number of benzene rings is 3. The van der Waals surface area contributed by atoms with E-state index in [0.29, 0.717) is 10.6 Å². The number of nitrogens with zero attached hydrogens (tertiary/aromatic N) is 3. The Labute approximate surface area is 192 Å². The molecular formula is C25H26ClN3O3. The number of para-hydroxylation sites is 1. The third-order valence-corrected chi connectivity index (χ3v) is 5.79. The lowest BCUT2D eigenvalue weighted by molar-refractivity contribution is -0.384. The van der Waals surface area contributed by atoms with Crippen LogP contribution in [0, 0.1) is 10.1 Å². The summed E-state index contributed by atoms with van der Waals surface area (Å²) >= 11 is 6.06. The molecule has 0 atom stereocenters. The molecule has 3 aromatic rings. The molecule has 0 bridgehead atoms. The van der Waals surface area contributed by atoms with Crippen LogP contribution in [0.3, 0.4) is 0 Å². The van der Waals surface area contributed by atoms with Crippen molar-refractivity contribution in [3.05, 3.63) is 92.5 Å². The first-order valence-corrected chi connectivity index (χ1v) is 10.6. The van der Waals surface area contributed by atoms with Crippen LogP contribution in [0.4, 0.5) is 17.1 Å². The maximum Gasteiger partial charge on any atom is 0.296 e. The van der Waals surface area contributed by atoms with Gasteiger partial charge in [0.1, 0.15) is 11.4 Å². The Morgan fingerprint density at radius 1 is 0.875 bits per heavy atom. The van der Waals surface area contributed by atoms with Crippen LogP contribution in [0.1, 0.15) is 51.3 Å². The van der Waals surface area contributed by atoms with E-state index in [9.17, 15) is 15.2 Å². The average Bonchev–Trinajstić information content (AvgIpc) is 2.72. The van der Waals surface area contributed by atoms with Crippen molar-refractivity contribution in [3.63, 3.8) is 0 Å². The van der Waals surface area contributed by atoms with Crippen LogP contribution >= 0.6 is 11.6 Å². The second-order valence-corrected chi connectivity index (χ2v) is 9.66. The summed E-state index contributed by atoms with van der Waals surface area (Å²) in [6, 6.07) is 17.4. The van der Waals surface area contributed by atoms with E-state index >= 15 is 0 Å². The maximum atomic E-state index is 11.3. The SMILES string of the molecule is CC(C)(C)c1cc(/N=N/c2ccccc2[N+](=O)[O-])c(O)c(C(C)(C)c2ccc(Cl)cc2)c1. The highest BCUT2D eigenvalue weighted by atomic mass is 35.5. The van der Waals surface area contributed by atoms with E-state index in [4.69, 9.17) is 11.6 Å². The minimum atomic E-state index is -0.557. The number of azo groups is 1. The number of halogens is 1. The van der Waals surface area contributed by atoms with E-state index in [0.717, 1.165) is 11.1 Å². The third kappa shape index (κ3) is 4.81. The monoisotopic (exact) mass is 451 g/mol. The van der Waals surface area contributed by atoms with Crippen LogP contribution in [-0.2, 0) is 10.8 Å². The Balaban J connectivity index is 2.18. The van der Waals surface area contributed by atoms with Gasteiger partial charge in [0.25, 0.3) is 5.69 Å². The van der Waals surface area contributed by atoms with E-state index in [1.807, 2.05) is 44.2 Å². The van der Waals surface area contributed by atoms with Crippen LogP contribution in [0.5, 0.6) is 5.75 Å². The van der Waals surface area contributed by atoms with Gasteiger partial charge in [0.2, 0.25) is 0 Å². The molecular weight excluding hydrogens is 426 g/mol. The van der Waals surface area contributed by atoms with Crippen LogP contribution in [0.2, 0.25) is 5.02 Å². The molecule has 0 fully saturated rings. The lowest BCUT2D eigenvalue weighted by atomic mass is 9.75. The maximum absolute atomic E-state index is 11.3. The zero-order chi connectivity index (χ0) is 23.7. The smallest absolute Gasteiger partial charge is 0.296 e. The van der Waals surface area contributed by atoms with Gasteiger partial charge in [-0.2, -0.15) is 0 Å². The number of aromatic hydroxyl groups is 1. The van der Waals surface area contributed by atoms with Gasteiger partial charge in [-0.3, -0.25) is 10.1 Å². The lowest BCUT2D eigenvalue weighted by Crippen LogP contribution is -2.21. The van der Waals surface area contributed by atoms with Gasteiger partial charge in [-0.15, -0.1) is 10.2 Å². The van der Waals surface area contributed by atoms with Crippen molar-refractivity contribution in [2.45, 2.75) is 45.4 Å². The Bertz CT molecular complexity index is 1180. The fourth-order valence-electron chi connectivity index (χ4n) is 3.44. The van der Waals surface area contributed by atoms with E-state index in [1.165, 1.54) is 12.1 Å². The highest BCUT2D eigenvalue weighted by Gasteiger charge is 2.30. The first-order valence-electron chi connectivity index (χ1n) is 10.2. The van der Waals surface area contributed by atoms with E-state index in [1.54, 1.807) is 18.2 Å². The van der Waals surface area contributed by atoms with Crippen molar-refractivity contribution in [2.24, 2.45) is 10.2 Å². The quantitative estimate of drug-likeness (QED) is 0.242. The molecule has 0 radical (unpaired) electrons. The largest absolute Gasteiger partial charge is 0.505 e. The molecule has 6 nitrogen and oxygen atoms in total. The molecule has 1 N–H and O–H groups in total. The highest BCUT2D eigenvalue weighted by molar-refractivity contribution is 6.30. The predicted molar refractivity (Wildman–Crippen MR) is 128 cm³/mol. The molecule has 0 aliphatic heterocycles. The van der Waals surface area contributed by atoms with Crippen LogP contribution in [-0.4, -0.2) is 10.0 Å². The Morgan fingerprint density at radius 3 is 2.06 bits per heavy atom. The second kappa shape index (κ2) is 8.71. The molecule has 0 saturated carbocycles. The van der Waals surface area contributed by atoms with Crippen molar-refractivity contribution in [2.75, 3.05) is 0 Å². The molecule has 7 heteroatoms. The minimum absolute atomic E-state index is 0.0136. The molecule has 3 aromatic carbocycles. The van der Waals surface area contributed by atoms with Gasteiger partial charge in [-0.05, 0) is 40.8 Å². The molecule has 166 valence electrons. The first kappa shape index (κ1) is 23.4. The van der Waals surface area contributed by atoms with Gasteiger partial charge < -0.3 is 5.11 Å². The molecule has 0 aromatic heterocycles. The van der Waals surface area contributed by atoms with Gasteiger partial charge in [-0.1, -0.05) is 76.6 Å². The van der Waals surface area contributed by atoms with Crippen molar-refractivity contribution >= 4 is 28.7 Å². The highest BCUT2D eigenvalue weighted by Crippen LogP contribution is 2.45. The lowest BCUT2D eigenvalue weighted by Gasteiger charge is -2.30. The molecule has 0 heterocycles. The summed E-state index contributed by atoms with van der Waals surface area (Å²) in [5, 5.41) is 31.4. The first-order chi connectivity index (χ1) is 14.9. The van der Waals surface area contributed by atoms with Crippen molar-refractivity contribution in [3.8, 4) is 5.75 Å². The summed E-state index contributed by atoms with van der Waals surface area (Å²) in [4.78, 5) is 10.8. The molecule has 0 amide bonds. The van der Waals surface area contributed by atoms with Gasteiger partial charge in [0.05, 0.1) is 4.92 Å². The number of hydrogen-bond donors (Lipinski definition) is 1. The standard InChI is InChI=1S/C25H26ClN3O3/c1-24(2,3)17-14-19(25(4,5)16-10-12-18(26)13-11-16)23(30)21(15-17)28-27-20-8-6-7-9-22(20)29(31)32/h6-15,30H,1-5H3/b28-27+. The number of phenols is 1. The van der Waals surface area contributed by atoms with Crippen LogP contribution in [0.15, 0.2) is 70.9 Å². The molecule has 0 spiro atoms. The average molecular weight is 452 g/mol. The Morgan fingerprint density at radius 2 is 1.47 bits per heavy atom. The summed E-state index contributed by atoms with van der Waals surface area (Å²) in [7, 11) is 0. The summed E-state index contributed by atoms with van der Waals surface area (Å²) < 4.78 is 0. The summed E-state index contributed by atoms with van der Waals surface area (Å²) in [5.41, 5.74) is 2.08. The zero-order valence-electron chi connectivity index (χ0n) is 18.8. The van der Waals surface area contributed by atoms with Crippen molar-refractivity contribution in [1.29, 1.82) is 0 Å². The topological polar surface area (TPSA) is 88.1 Å². The van der Waals surface area contributed by atoms with Crippen LogP contribution < -0.4 is 0 Å². The molecule has 3 rings (SSSR count). The number of rotatable bonds is 5. The van der Waals surface area contributed by atoms with Gasteiger partial charge in [0.15, 0.2) is 5.69 Å². The third-order valence-electron chi connectivity index (χ3n) is 5.54. The second-order valence-electron chi connectivity index (χ2n) is 9.22. The van der Waals surface area contributed by atoms with Gasteiger partial charge in [0, 0.05) is 22.1 Å². The molecule has 0 aliphatic rings. The summed E-state index contributed by atoms with van der Waals surface area (Å²) in [6.45, 7) is 10.2. The predicted octanol–water partition coefficient (Wildman–Crippen LogP) is 7.99. The van der Waals surface area contributed by atoms with Gasteiger partial charge >= 0.3 is 0 Å². The molecule has 0 aliphatic carbocycles. The fourth-order valence-corrected chi connectivity index (χ4v) is 3.56. The van der Waals surface area contributed by atoms with Crippen molar-refractivity contribution < 1.29 is 10.0 Å². The molecule has 32 heavy (non-hydrogen) atoms. The number of nitro benzene ring substituents is 1. The van der Waals surface area contributed by atoms with Crippen molar-refractivity contribution in [1.82, 2.24) is 0 Å². The fraction of sp³-hybridized carbons (Fsp3) is 0.280. The Hall–Kier alpha value is -3.25. The number of nitro groups is 1. The number of phenolic OH excluding ortho intramolecular Hbond substituents is 1. The minimum Gasteiger partial charge on any atom is -0.505 e. The normalized spacial score (nSPS) is 12.3. The molecule has 0 unspecified atom stereocenters. The summed E-state index contributed by atoms with van der Waals surface area (Å²) in [6.07, 6.45) is 0. The van der Waals surface area contributed by atoms with E-state index in [-0.39, 0.29) is 28.2 Å². The Kier molecular flexibility index (Phi) is 6.37. The molecule has 0 saturated heterocycles. The van der Waals surface area contributed by atoms with Gasteiger partial charge in [-0.25, -0.2) is 0 Å².